The van der Waals surface area contributed by atoms with Gasteiger partial charge in [-0.15, -0.1) is 6.42 Å². The normalized spacial score (nSPS) is 8.82. The lowest BCUT2D eigenvalue weighted by atomic mass is 10.7. The molecular formula is C7H11NS3. The van der Waals surface area contributed by atoms with Crippen molar-refractivity contribution in [1.82, 2.24) is 3.71 Å². The second kappa shape index (κ2) is 6.84. The van der Waals surface area contributed by atoms with E-state index in [1.54, 1.807) is 23.9 Å². The van der Waals surface area contributed by atoms with E-state index in [4.69, 9.17) is 18.6 Å². The number of thiocarbonyl (C=S) groups is 1. The second-order valence-electron chi connectivity index (χ2n) is 1.54. The van der Waals surface area contributed by atoms with E-state index in [1.165, 1.54) is 0 Å². The molecule has 0 atom stereocenters. The van der Waals surface area contributed by atoms with Gasteiger partial charge in [0.1, 0.15) is 0 Å². The Morgan fingerprint density at radius 2 is 1.91 bits per heavy atom. The highest BCUT2D eigenvalue weighted by atomic mass is 32.2. The van der Waals surface area contributed by atoms with Crippen LogP contribution in [0, 0.1) is 12.3 Å². The molecular weight excluding hydrogens is 194 g/mol. The molecule has 0 aromatic heterocycles. The molecule has 11 heavy (non-hydrogen) atoms. The Balaban J connectivity index is 3.89. The molecule has 0 saturated heterocycles. The molecule has 0 aromatic carbocycles. The summed E-state index contributed by atoms with van der Waals surface area (Å²) < 4.78 is 1.91. The average Bonchev–Trinajstić information content (AvgIpc) is 2.03. The van der Waals surface area contributed by atoms with Crippen LogP contribution in [-0.4, -0.2) is 20.2 Å². The Morgan fingerprint density at radius 3 is 2.18 bits per heavy atom. The van der Waals surface area contributed by atoms with Gasteiger partial charge in [-0.05, 0) is 42.0 Å². The largest absolute Gasteiger partial charge is 0.240 e. The minimum Gasteiger partial charge on any atom is -0.240 e. The first-order valence-electron chi connectivity index (χ1n) is 3.32. The van der Waals surface area contributed by atoms with Crippen molar-refractivity contribution in [2.45, 2.75) is 13.8 Å². The fourth-order valence-corrected chi connectivity index (χ4v) is 2.50. The first kappa shape index (κ1) is 11.2. The molecule has 0 saturated carbocycles. The standard InChI is InChI=1S/C7H11NS3/c1-4-7(9)8(10-5-2)11-6-3/h1H,5-6H2,2-3H3. The SMILES string of the molecule is C#CC(=S)N(SCC)SCC. The molecule has 0 amide bonds. The molecule has 0 fully saturated rings. The fourth-order valence-electron chi connectivity index (χ4n) is 0.442. The molecule has 1 nitrogen and oxygen atoms in total. The van der Waals surface area contributed by atoms with Crippen molar-refractivity contribution in [2.75, 3.05) is 11.5 Å². The summed E-state index contributed by atoms with van der Waals surface area (Å²) in [6, 6.07) is 0. The Bertz CT molecular complexity index is 156. The third kappa shape index (κ3) is 4.57. The quantitative estimate of drug-likeness (QED) is 0.394. The summed E-state index contributed by atoms with van der Waals surface area (Å²) in [6.07, 6.45) is 5.17. The van der Waals surface area contributed by atoms with E-state index in [2.05, 4.69) is 19.8 Å². The molecule has 0 aliphatic rings. The van der Waals surface area contributed by atoms with Crippen molar-refractivity contribution in [3.8, 4) is 12.3 Å². The van der Waals surface area contributed by atoms with E-state index in [9.17, 15) is 0 Å². The van der Waals surface area contributed by atoms with Gasteiger partial charge in [0, 0.05) is 11.5 Å². The molecule has 0 aromatic rings. The molecule has 0 radical (unpaired) electrons. The van der Waals surface area contributed by atoms with Crippen molar-refractivity contribution >= 4 is 41.1 Å². The first-order chi connectivity index (χ1) is 5.26. The van der Waals surface area contributed by atoms with E-state index in [1.807, 2.05) is 3.71 Å². The molecule has 0 aliphatic heterocycles. The molecule has 0 heterocycles. The third-order valence-corrected chi connectivity index (χ3v) is 3.30. The lowest BCUT2D eigenvalue weighted by Gasteiger charge is -2.16. The molecule has 0 bridgehead atoms. The number of rotatable bonds is 4. The maximum atomic E-state index is 5.17. The van der Waals surface area contributed by atoms with Crippen LogP contribution in [0.25, 0.3) is 0 Å². The van der Waals surface area contributed by atoms with Gasteiger partial charge >= 0.3 is 0 Å². The Kier molecular flexibility index (Phi) is 6.93. The van der Waals surface area contributed by atoms with Gasteiger partial charge in [0.15, 0.2) is 4.99 Å². The molecule has 0 N–H and O–H groups in total. The number of nitrogens with zero attached hydrogens (tertiary/aromatic N) is 1. The van der Waals surface area contributed by atoms with Gasteiger partial charge in [-0.25, -0.2) is 3.71 Å². The van der Waals surface area contributed by atoms with Crippen molar-refractivity contribution in [2.24, 2.45) is 0 Å². The Hall–Kier alpha value is 0.150. The van der Waals surface area contributed by atoms with Crippen molar-refractivity contribution in [3.05, 3.63) is 0 Å². The molecule has 62 valence electrons. The minimum absolute atomic E-state index is 0.573. The lowest BCUT2D eigenvalue weighted by molar-refractivity contribution is 1.16. The van der Waals surface area contributed by atoms with Crippen molar-refractivity contribution in [1.29, 1.82) is 0 Å². The van der Waals surface area contributed by atoms with Crippen molar-refractivity contribution < 1.29 is 0 Å². The van der Waals surface area contributed by atoms with E-state index in [0.717, 1.165) is 11.5 Å². The molecule has 0 spiro atoms. The minimum atomic E-state index is 0.573. The maximum Gasteiger partial charge on any atom is 0.173 e. The van der Waals surface area contributed by atoms with Crippen LogP contribution in [0.3, 0.4) is 0 Å². The molecule has 0 unspecified atom stereocenters. The van der Waals surface area contributed by atoms with Crippen LogP contribution >= 0.6 is 36.1 Å². The Morgan fingerprint density at radius 1 is 1.45 bits per heavy atom. The highest BCUT2D eigenvalue weighted by Gasteiger charge is 2.05. The molecule has 4 heteroatoms. The van der Waals surface area contributed by atoms with Gasteiger partial charge in [0.2, 0.25) is 0 Å². The van der Waals surface area contributed by atoms with Gasteiger partial charge in [-0.1, -0.05) is 13.8 Å². The highest BCUT2D eigenvalue weighted by Crippen LogP contribution is 2.21. The number of hydrogen-bond donors (Lipinski definition) is 0. The van der Waals surface area contributed by atoms with Gasteiger partial charge in [-0.2, -0.15) is 0 Å². The zero-order chi connectivity index (χ0) is 8.69. The van der Waals surface area contributed by atoms with Crippen LogP contribution in [0.2, 0.25) is 0 Å². The monoisotopic (exact) mass is 205 g/mol. The maximum absolute atomic E-state index is 5.17. The zero-order valence-electron chi connectivity index (χ0n) is 6.66. The number of hydrogen-bond acceptors (Lipinski definition) is 3. The lowest BCUT2D eigenvalue weighted by Crippen LogP contribution is -2.13. The molecule has 0 rings (SSSR count). The second-order valence-corrected chi connectivity index (χ2v) is 4.56. The predicted molar refractivity (Wildman–Crippen MR) is 59.5 cm³/mol. The summed E-state index contributed by atoms with van der Waals surface area (Å²) in [6.45, 7) is 4.15. The van der Waals surface area contributed by atoms with Crippen LogP contribution in [0.5, 0.6) is 0 Å². The molecule has 0 aliphatic carbocycles. The van der Waals surface area contributed by atoms with Crippen LogP contribution in [0.1, 0.15) is 13.8 Å². The predicted octanol–water partition coefficient (Wildman–Crippen LogP) is 2.59. The Labute approximate surface area is 82.6 Å². The van der Waals surface area contributed by atoms with E-state index in [-0.39, 0.29) is 0 Å². The van der Waals surface area contributed by atoms with Crippen molar-refractivity contribution in [3.63, 3.8) is 0 Å². The number of terminal acetylenes is 1. The highest BCUT2D eigenvalue weighted by molar-refractivity contribution is 8.13. The summed E-state index contributed by atoms with van der Waals surface area (Å²) >= 11 is 8.25. The third-order valence-electron chi connectivity index (χ3n) is 0.782. The first-order valence-corrected chi connectivity index (χ1v) is 5.62. The summed E-state index contributed by atoms with van der Waals surface area (Å²) in [7, 11) is 0. The average molecular weight is 205 g/mol. The van der Waals surface area contributed by atoms with Gasteiger partial charge < -0.3 is 0 Å². The van der Waals surface area contributed by atoms with Crippen LogP contribution in [-0.2, 0) is 0 Å². The zero-order valence-corrected chi connectivity index (χ0v) is 9.11. The fraction of sp³-hybridized carbons (Fsp3) is 0.571. The smallest absolute Gasteiger partial charge is 0.173 e. The van der Waals surface area contributed by atoms with Crippen LogP contribution < -0.4 is 0 Å². The summed E-state index contributed by atoms with van der Waals surface area (Å²) in [5.74, 6) is 4.44. The summed E-state index contributed by atoms with van der Waals surface area (Å²) in [4.78, 5) is 0.573. The topological polar surface area (TPSA) is 3.24 Å². The van der Waals surface area contributed by atoms with E-state index < -0.39 is 0 Å². The van der Waals surface area contributed by atoms with Gasteiger partial charge in [-0.3, -0.25) is 0 Å². The summed E-state index contributed by atoms with van der Waals surface area (Å²) in [5, 5.41) is 0. The van der Waals surface area contributed by atoms with Crippen LogP contribution in [0.15, 0.2) is 0 Å². The van der Waals surface area contributed by atoms with E-state index >= 15 is 0 Å². The van der Waals surface area contributed by atoms with Crippen LogP contribution in [0.4, 0.5) is 0 Å². The summed E-state index contributed by atoms with van der Waals surface area (Å²) in [5.41, 5.74) is 0. The van der Waals surface area contributed by atoms with Gasteiger partial charge in [0.05, 0.1) is 0 Å². The van der Waals surface area contributed by atoms with Gasteiger partial charge in [0.25, 0.3) is 0 Å². The van der Waals surface area contributed by atoms with E-state index in [0.29, 0.717) is 4.99 Å².